The molecule has 0 radical (unpaired) electrons. The molecule has 3 aromatic rings. The third-order valence-electron chi connectivity index (χ3n) is 6.59. The molecule has 3 heterocycles. The number of aromatic nitrogens is 2. The van der Waals surface area contributed by atoms with Gasteiger partial charge < -0.3 is 23.7 Å². The number of imidazole rings is 1. The van der Waals surface area contributed by atoms with E-state index >= 15 is 0 Å². The van der Waals surface area contributed by atoms with E-state index in [2.05, 4.69) is 4.98 Å². The Morgan fingerprint density at radius 1 is 1.18 bits per heavy atom. The molecule has 38 heavy (non-hydrogen) atoms. The molecule has 11 heteroatoms. The molecule has 2 aliphatic heterocycles. The number of hydrogen-bond acceptors (Lipinski definition) is 7. The summed E-state index contributed by atoms with van der Waals surface area (Å²) in [5.41, 5.74) is 1.66. The second-order valence-corrected chi connectivity index (χ2v) is 12.1. The molecule has 2 aromatic carbocycles. The number of rotatable bonds is 9. The van der Waals surface area contributed by atoms with E-state index in [1.807, 2.05) is 13.8 Å². The molecule has 0 saturated carbocycles. The van der Waals surface area contributed by atoms with E-state index in [9.17, 15) is 13.2 Å². The number of amides is 1. The van der Waals surface area contributed by atoms with Gasteiger partial charge in [0.2, 0.25) is 21.8 Å². The fourth-order valence-corrected chi connectivity index (χ4v) is 6.65. The van der Waals surface area contributed by atoms with E-state index < -0.39 is 9.84 Å². The van der Waals surface area contributed by atoms with Gasteiger partial charge in [0.15, 0.2) is 11.5 Å². The zero-order valence-corrected chi connectivity index (χ0v) is 22.9. The first-order valence-electron chi connectivity index (χ1n) is 12.5. The first-order valence-corrected chi connectivity index (χ1v) is 14.6. The predicted octanol–water partition coefficient (Wildman–Crippen LogP) is 4.64. The van der Waals surface area contributed by atoms with Gasteiger partial charge >= 0.3 is 0 Å². The minimum absolute atomic E-state index is 0.0323. The number of nitrogens with zero attached hydrogens (tertiary/aromatic N) is 3. The quantitative estimate of drug-likeness (QED) is 0.376. The van der Waals surface area contributed by atoms with Gasteiger partial charge in [-0.1, -0.05) is 23.7 Å². The second kappa shape index (κ2) is 11.0. The highest BCUT2D eigenvalue weighted by Gasteiger charge is 2.29. The highest BCUT2D eigenvalue weighted by molar-refractivity contribution is 7.90. The molecule has 0 bridgehead atoms. The van der Waals surface area contributed by atoms with Gasteiger partial charge in [0.1, 0.15) is 0 Å². The summed E-state index contributed by atoms with van der Waals surface area (Å²) in [4.78, 5) is 19.7. The van der Waals surface area contributed by atoms with Crippen LogP contribution < -0.4 is 9.47 Å². The number of halogens is 1. The van der Waals surface area contributed by atoms with Gasteiger partial charge in [-0.15, -0.1) is 0 Å². The SMILES string of the molecule is CC(C)n1c(CN(CC2CCCO2)C(=O)c2ccc3c(c2)OCO3)cnc1S(=O)(=O)Cc1cccc(Cl)c1. The summed E-state index contributed by atoms with van der Waals surface area (Å²) in [6.07, 6.45) is 3.25. The molecule has 1 unspecified atom stereocenters. The van der Waals surface area contributed by atoms with Crippen molar-refractivity contribution in [1.82, 2.24) is 14.5 Å². The van der Waals surface area contributed by atoms with Crippen molar-refractivity contribution in [1.29, 1.82) is 0 Å². The van der Waals surface area contributed by atoms with Crippen molar-refractivity contribution in [3.8, 4) is 11.5 Å². The molecule has 0 spiro atoms. The highest BCUT2D eigenvalue weighted by atomic mass is 35.5. The molecule has 202 valence electrons. The van der Waals surface area contributed by atoms with E-state index in [1.165, 1.54) is 0 Å². The Balaban J connectivity index is 1.45. The molecule has 1 aromatic heterocycles. The Morgan fingerprint density at radius 2 is 2.00 bits per heavy atom. The lowest BCUT2D eigenvalue weighted by molar-refractivity contribution is 0.0500. The largest absolute Gasteiger partial charge is 0.454 e. The first kappa shape index (κ1) is 26.5. The maximum absolute atomic E-state index is 13.7. The van der Waals surface area contributed by atoms with Gasteiger partial charge in [-0.3, -0.25) is 4.79 Å². The van der Waals surface area contributed by atoms with Crippen molar-refractivity contribution in [3.05, 3.63) is 70.5 Å². The molecule has 9 nitrogen and oxygen atoms in total. The highest BCUT2D eigenvalue weighted by Crippen LogP contribution is 2.33. The molecule has 1 amide bonds. The molecule has 1 fully saturated rings. The van der Waals surface area contributed by atoms with Gasteiger partial charge in [-0.05, 0) is 62.6 Å². The van der Waals surface area contributed by atoms with Crippen LogP contribution in [0.15, 0.2) is 53.8 Å². The van der Waals surface area contributed by atoms with E-state index in [4.69, 9.17) is 25.8 Å². The van der Waals surface area contributed by atoms with Crippen LogP contribution in [0.4, 0.5) is 0 Å². The zero-order chi connectivity index (χ0) is 26.9. The van der Waals surface area contributed by atoms with Crippen molar-refractivity contribution >= 4 is 27.3 Å². The summed E-state index contributed by atoms with van der Waals surface area (Å²) < 4.78 is 45.2. The van der Waals surface area contributed by atoms with Crippen LogP contribution in [0.5, 0.6) is 11.5 Å². The van der Waals surface area contributed by atoms with Crippen molar-refractivity contribution in [2.75, 3.05) is 19.9 Å². The average Bonchev–Trinajstić information content (AvgIpc) is 3.63. The van der Waals surface area contributed by atoms with Crippen molar-refractivity contribution in [3.63, 3.8) is 0 Å². The zero-order valence-electron chi connectivity index (χ0n) is 21.3. The lowest BCUT2D eigenvalue weighted by atomic mass is 10.1. The number of hydrogen-bond donors (Lipinski definition) is 0. The summed E-state index contributed by atoms with van der Waals surface area (Å²) in [6, 6.07) is 11.7. The minimum Gasteiger partial charge on any atom is -0.454 e. The minimum atomic E-state index is -3.79. The van der Waals surface area contributed by atoms with E-state index in [-0.39, 0.29) is 42.3 Å². The topological polar surface area (TPSA) is 100.0 Å². The third-order valence-corrected chi connectivity index (χ3v) is 8.39. The fraction of sp³-hybridized carbons (Fsp3) is 0.407. The molecular weight excluding hydrogens is 530 g/mol. The summed E-state index contributed by atoms with van der Waals surface area (Å²) >= 11 is 6.07. The van der Waals surface area contributed by atoms with Gasteiger partial charge in [0.25, 0.3) is 5.91 Å². The van der Waals surface area contributed by atoms with Gasteiger partial charge in [0.05, 0.1) is 30.3 Å². The van der Waals surface area contributed by atoms with Gasteiger partial charge in [-0.25, -0.2) is 13.4 Å². The van der Waals surface area contributed by atoms with Crippen LogP contribution in [0.25, 0.3) is 0 Å². The fourth-order valence-electron chi connectivity index (χ4n) is 4.85. The number of fused-ring (bicyclic) bond motifs is 1. The van der Waals surface area contributed by atoms with Crippen LogP contribution in [0.3, 0.4) is 0 Å². The van der Waals surface area contributed by atoms with Crippen molar-refractivity contribution in [2.24, 2.45) is 0 Å². The monoisotopic (exact) mass is 559 g/mol. The molecule has 2 aliphatic rings. The molecule has 5 rings (SSSR count). The number of carbonyl (C=O) groups is 1. The number of carbonyl (C=O) groups excluding carboxylic acids is 1. The van der Waals surface area contributed by atoms with Gasteiger partial charge in [0, 0.05) is 29.8 Å². The maximum Gasteiger partial charge on any atom is 0.254 e. The van der Waals surface area contributed by atoms with E-state index in [0.717, 1.165) is 12.8 Å². The number of benzene rings is 2. The standard InChI is InChI=1S/C27H30ClN3O6S/c1-18(2)31-22(13-29-27(31)38(33,34)16-19-5-3-6-21(28)11-19)14-30(15-23-7-4-10-35-23)26(32)20-8-9-24-25(12-20)37-17-36-24/h3,5-6,8-9,11-13,18,23H,4,7,10,14-17H2,1-2H3. The Morgan fingerprint density at radius 3 is 2.74 bits per heavy atom. The van der Waals surface area contributed by atoms with Crippen LogP contribution in [0.2, 0.25) is 5.02 Å². The molecule has 0 aliphatic carbocycles. The number of ether oxygens (including phenoxy) is 3. The molecule has 1 atom stereocenters. The van der Waals surface area contributed by atoms with Crippen molar-refractivity contribution < 1.29 is 27.4 Å². The summed E-state index contributed by atoms with van der Waals surface area (Å²) in [6.45, 7) is 5.12. The smallest absolute Gasteiger partial charge is 0.254 e. The molecular formula is C27H30ClN3O6S. The van der Waals surface area contributed by atoms with Crippen LogP contribution in [0.1, 0.15) is 54.3 Å². The normalized spacial score (nSPS) is 16.8. The number of sulfone groups is 1. The summed E-state index contributed by atoms with van der Waals surface area (Å²) in [5.74, 6) is 0.680. The van der Waals surface area contributed by atoms with Crippen LogP contribution in [-0.2, 0) is 26.9 Å². The maximum atomic E-state index is 13.7. The van der Waals surface area contributed by atoms with E-state index in [1.54, 1.807) is 58.1 Å². The van der Waals surface area contributed by atoms with Crippen LogP contribution >= 0.6 is 11.6 Å². The second-order valence-electron chi connectivity index (χ2n) is 9.77. The Kier molecular flexibility index (Phi) is 7.65. The van der Waals surface area contributed by atoms with Crippen molar-refractivity contribution in [2.45, 2.75) is 56.3 Å². The molecule has 1 saturated heterocycles. The average molecular weight is 560 g/mol. The van der Waals surface area contributed by atoms with Crippen LogP contribution in [-0.4, -0.2) is 54.8 Å². The lowest BCUT2D eigenvalue weighted by Gasteiger charge is -2.27. The summed E-state index contributed by atoms with van der Waals surface area (Å²) in [5, 5.41) is 0.437. The Labute approximate surface area is 227 Å². The molecule has 0 N–H and O–H groups in total. The van der Waals surface area contributed by atoms with Gasteiger partial charge in [-0.2, -0.15) is 0 Å². The summed E-state index contributed by atoms with van der Waals surface area (Å²) in [7, 11) is -3.79. The van der Waals surface area contributed by atoms with Crippen LogP contribution in [0, 0.1) is 0 Å². The van der Waals surface area contributed by atoms with E-state index in [0.29, 0.717) is 46.5 Å². The predicted molar refractivity (Wildman–Crippen MR) is 141 cm³/mol. The Hall–Kier alpha value is -3.08. The first-order chi connectivity index (χ1) is 18.2. The Bertz CT molecular complexity index is 1430. The lowest BCUT2D eigenvalue weighted by Crippen LogP contribution is -2.37. The third kappa shape index (κ3) is 5.67.